The Labute approximate surface area is 176 Å². The van der Waals surface area contributed by atoms with Crippen molar-refractivity contribution in [1.82, 2.24) is 5.32 Å². The van der Waals surface area contributed by atoms with Crippen molar-refractivity contribution in [2.75, 3.05) is 19.0 Å². The molecule has 0 unspecified atom stereocenters. The molecule has 160 valence electrons. The molecule has 2 aromatic rings. The van der Waals surface area contributed by atoms with Crippen LogP contribution in [0.25, 0.3) is 0 Å². The number of rotatable bonds is 9. The van der Waals surface area contributed by atoms with E-state index < -0.39 is 22.9 Å². The molecule has 30 heavy (non-hydrogen) atoms. The molecule has 0 aromatic heterocycles. The number of nitro benzene ring substituents is 1. The molecule has 0 heterocycles. The molecule has 2 rings (SSSR count). The second-order valence-corrected chi connectivity index (χ2v) is 7.34. The van der Waals surface area contributed by atoms with Gasteiger partial charge >= 0.3 is 5.97 Å². The number of amides is 1. The monoisotopic (exact) mass is 413 g/mol. The van der Waals surface area contributed by atoms with Crippen LogP contribution in [0, 0.1) is 10.1 Å². The van der Waals surface area contributed by atoms with E-state index in [2.05, 4.69) is 5.32 Å². The number of nitro groups is 1. The molecule has 2 atom stereocenters. The van der Waals surface area contributed by atoms with Gasteiger partial charge in [-0.1, -0.05) is 30.3 Å². The van der Waals surface area contributed by atoms with Gasteiger partial charge in [-0.3, -0.25) is 14.9 Å². The van der Waals surface area contributed by atoms with Gasteiger partial charge in [-0.05, 0) is 44.4 Å². The first-order valence-electron chi connectivity index (χ1n) is 9.70. The molecule has 0 aliphatic carbocycles. The summed E-state index contributed by atoms with van der Waals surface area (Å²) in [4.78, 5) is 37.0. The summed E-state index contributed by atoms with van der Waals surface area (Å²) in [5.74, 6) is -1.20. The maximum Gasteiger partial charge on any atom is 0.339 e. The molecular weight excluding hydrogens is 386 g/mol. The van der Waals surface area contributed by atoms with Crippen LogP contribution in [0.5, 0.6) is 0 Å². The minimum Gasteiger partial charge on any atom is -0.449 e. The zero-order chi connectivity index (χ0) is 22.3. The van der Waals surface area contributed by atoms with E-state index in [1.807, 2.05) is 37.3 Å². The largest absolute Gasteiger partial charge is 0.449 e. The van der Waals surface area contributed by atoms with Crippen molar-refractivity contribution in [3.63, 3.8) is 0 Å². The Morgan fingerprint density at radius 3 is 2.40 bits per heavy atom. The van der Waals surface area contributed by atoms with Crippen LogP contribution in [0.15, 0.2) is 48.5 Å². The van der Waals surface area contributed by atoms with Crippen LogP contribution in [0.4, 0.5) is 11.4 Å². The van der Waals surface area contributed by atoms with Gasteiger partial charge in [-0.25, -0.2) is 4.79 Å². The van der Waals surface area contributed by atoms with Gasteiger partial charge < -0.3 is 15.0 Å². The second kappa shape index (κ2) is 10.4. The third-order valence-electron chi connectivity index (χ3n) is 4.64. The van der Waals surface area contributed by atoms with Gasteiger partial charge in [-0.2, -0.15) is 0 Å². The fourth-order valence-electron chi connectivity index (χ4n) is 2.92. The van der Waals surface area contributed by atoms with Gasteiger partial charge in [0, 0.05) is 26.2 Å². The summed E-state index contributed by atoms with van der Waals surface area (Å²) in [6, 6.07) is 13.9. The van der Waals surface area contributed by atoms with Crippen LogP contribution in [-0.2, 0) is 16.0 Å². The number of benzene rings is 2. The van der Waals surface area contributed by atoms with Crippen LogP contribution in [0.2, 0.25) is 0 Å². The molecule has 0 bridgehead atoms. The third kappa shape index (κ3) is 6.30. The van der Waals surface area contributed by atoms with E-state index in [0.29, 0.717) is 5.69 Å². The van der Waals surface area contributed by atoms with Gasteiger partial charge in [-0.15, -0.1) is 0 Å². The second-order valence-electron chi connectivity index (χ2n) is 7.34. The Morgan fingerprint density at radius 2 is 1.80 bits per heavy atom. The summed E-state index contributed by atoms with van der Waals surface area (Å²) in [7, 11) is 3.34. The summed E-state index contributed by atoms with van der Waals surface area (Å²) in [5, 5.41) is 14.1. The molecule has 1 amide bonds. The molecule has 8 heteroatoms. The highest BCUT2D eigenvalue weighted by Crippen LogP contribution is 2.28. The fourth-order valence-corrected chi connectivity index (χ4v) is 2.92. The molecule has 0 fully saturated rings. The molecule has 0 spiro atoms. The van der Waals surface area contributed by atoms with Crippen molar-refractivity contribution in [3.8, 4) is 0 Å². The minimum absolute atomic E-state index is 0.0177. The number of carbonyl (C=O) groups excluding carboxylic acids is 2. The number of carbonyl (C=O) groups is 2. The van der Waals surface area contributed by atoms with Gasteiger partial charge in [0.05, 0.1) is 10.5 Å². The lowest BCUT2D eigenvalue weighted by atomic mass is 10.1. The lowest BCUT2D eigenvalue weighted by Crippen LogP contribution is -2.41. The highest BCUT2D eigenvalue weighted by Gasteiger charge is 2.23. The van der Waals surface area contributed by atoms with E-state index in [9.17, 15) is 19.7 Å². The smallest absolute Gasteiger partial charge is 0.339 e. The third-order valence-corrected chi connectivity index (χ3v) is 4.64. The maximum atomic E-state index is 12.4. The number of hydrogen-bond donors (Lipinski definition) is 1. The Bertz CT molecular complexity index is 899. The quantitative estimate of drug-likeness (QED) is 0.384. The lowest BCUT2D eigenvalue weighted by Gasteiger charge is -2.18. The van der Waals surface area contributed by atoms with Gasteiger partial charge in [0.15, 0.2) is 6.10 Å². The first-order valence-corrected chi connectivity index (χ1v) is 9.70. The van der Waals surface area contributed by atoms with Crippen LogP contribution in [-0.4, -0.2) is 43.0 Å². The van der Waals surface area contributed by atoms with E-state index in [1.165, 1.54) is 24.6 Å². The average molecular weight is 413 g/mol. The fraction of sp³-hybridized carbons (Fsp3) is 0.364. The van der Waals surface area contributed by atoms with E-state index in [0.717, 1.165) is 18.9 Å². The summed E-state index contributed by atoms with van der Waals surface area (Å²) in [6.45, 7) is 3.36. The summed E-state index contributed by atoms with van der Waals surface area (Å²) in [5.41, 5.74) is 1.36. The predicted octanol–water partition coefficient (Wildman–Crippen LogP) is 3.34. The number of ether oxygens (including phenoxy) is 1. The van der Waals surface area contributed by atoms with Crippen LogP contribution in [0.1, 0.15) is 36.2 Å². The molecule has 0 aliphatic heterocycles. The van der Waals surface area contributed by atoms with Gasteiger partial charge in [0.2, 0.25) is 0 Å². The van der Waals surface area contributed by atoms with Crippen molar-refractivity contribution in [1.29, 1.82) is 0 Å². The predicted molar refractivity (Wildman–Crippen MR) is 115 cm³/mol. The summed E-state index contributed by atoms with van der Waals surface area (Å²) < 4.78 is 5.21. The number of anilines is 1. The highest BCUT2D eigenvalue weighted by atomic mass is 16.6. The van der Waals surface area contributed by atoms with Crippen LogP contribution in [0.3, 0.4) is 0 Å². The van der Waals surface area contributed by atoms with Crippen molar-refractivity contribution >= 4 is 23.3 Å². The number of aryl methyl sites for hydroxylation is 1. The number of hydrogen-bond acceptors (Lipinski definition) is 6. The minimum atomic E-state index is -1.02. The van der Waals surface area contributed by atoms with E-state index in [1.54, 1.807) is 19.0 Å². The highest BCUT2D eigenvalue weighted by molar-refractivity contribution is 5.93. The Hall–Kier alpha value is -3.42. The molecule has 0 saturated heterocycles. The Balaban J connectivity index is 1.93. The maximum absolute atomic E-state index is 12.4. The molecule has 8 nitrogen and oxygen atoms in total. The summed E-state index contributed by atoms with van der Waals surface area (Å²) >= 11 is 0. The van der Waals surface area contributed by atoms with Crippen molar-refractivity contribution in [2.24, 2.45) is 0 Å². The van der Waals surface area contributed by atoms with Crippen LogP contribution >= 0.6 is 0 Å². The van der Waals surface area contributed by atoms with Gasteiger partial charge in [0.1, 0.15) is 5.69 Å². The zero-order valence-corrected chi connectivity index (χ0v) is 17.6. The Kier molecular flexibility index (Phi) is 7.91. The van der Waals surface area contributed by atoms with E-state index in [4.69, 9.17) is 4.74 Å². The van der Waals surface area contributed by atoms with E-state index in [-0.39, 0.29) is 17.3 Å². The van der Waals surface area contributed by atoms with Gasteiger partial charge in [0.25, 0.3) is 11.6 Å². The first-order chi connectivity index (χ1) is 14.2. The van der Waals surface area contributed by atoms with Crippen molar-refractivity contribution < 1.29 is 19.2 Å². The summed E-state index contributed by atoms with van der Waals surface area (Å²) in [6.07, 6.45) is 0.539. The molecule has 0 saturated carbocycles. The van der Waals surface area contributed by atoms with Crippen molar-refractivity contribution in [3.05, 3.63) is 69.8 Å². The molecule has 2 aromatic carbocycles. The number of nitrogens with one attached hydrogen (secondary N) is 1. The normalized spacial score (nSPS) is 12.5. The zero-order valence-electron chi connectivity index (χ0n) is 17.6. The first kappa shape index (κ1) is 22.9. The molecule has 0 radical (unpaired) electrons. The molecule has 1 N–H and O–H groups in total. The van der Waals surface area contributed by atoms with E-state index >= 15 is 0 Å². The standard InChI is InChI=1S/C22H27N3O5/c1-15(10-11-17-8-6-5-7-9-17)23-21(26)16(2)30-22(27)18-12-13-19(24(3)4)20(14-18)25(28)29/h5-9,12-16H,10-11H2,1-4H3,(H,23,26)/t15-,16+/m1/s1. The lowest BCUT2D eigenvalue weighted by molar-refractivity contribution is -0.384. The molecule has 0 aliphatic rings. The molecular formula is C22H27N3O5. The number of esters is 1. The Morgan fingerprint density at radius 1 is 1.13 bits per heavy atom. The van der Waals surface area contributed by atoms with Crippen molar-refractivity contribution in [2.45, 2.75) is 38.8 Å². The topological polar surface area (TPSA) is 102 Å². The SMILES string of the molecule is C[C@H](CCc1ccccc1)NC(=O)[C@H](C)OC(=O)c1ccc(N(C)C)c([N+](=O)[O-])c1. The van der Waals surface area contributed by atoms with Crippen LogP contribution < -0.4 is 10.2 Å². The average Bonchev–Trinajstić information content (AvgIpc) is 2.72. The number of nitrogens with zero attached hydrogens (tertiary/aromatic N) is 2.